The fourth-order valence-corrected chi connectivity index (χ4v) is 1.67. The molecule has 0 unspecified atom stereocenters. The first-order valence-electron chi connectivity index (χ1n) is 4.47. The lowest BCUT2D eigenvalue weighted by molar-refractivity contribution is -0.0670. The van der Waals surface area contributed by atoms with Crippen LogP contribution in [0.4, 0.5) is 0 Å². The SMILES string of the molecule is CC1(O)CN(C(=O)c2cncc(Cl)n2)C1. The van der Waals surface area contributed by atoms with Crippen LogP contribution < -0.4 is 0 Å². The van der Waals surface area contributed by atoms with Crippen LogP contribution in [0.5, 0.6) is 0 Å². The maximum atomic E-state index is 11.7. The first-order chi connectivity index (χ1) is 6.98. The van der Waals surface area contributed by atoms with Gasteiger partial charge in [0, 0.05) is 0 Å². The van der Waals surface area contributed by atoms with Gasteiger partial charge in [-0.2, -0.15) is 0 Å². The molecule has 0 aromatic carbocycles. The van der Waals surface area contributed by atoms with Crippen LogP contribution >= 0.6 is 11.6 Å². The Morgan fingerprint density at radius 2 is 2.27 bits per heavy atom. The van der Waals surface area contributed by atoms with Crippen molar-refractivity contribution in [2.45, 2.75) is 12.5 Å². The molecule has 15 heavy (non-hydrogen) atoms. The molecule has 0 radical (unpaired) electrons. The van der Waals surface area contributed by atoms with Crippen LogP contribution in [0.25, 0.3) is 0 Å². The number of β-amino-alcohol motifs (C(OH)–C–C–N with tert-alkyl or cyclic N) is 1. The first-order valence-corrected chi connectivity index (χ1v) is 4.85. The highest BCUT2D eigenvalue weighted by Gasteiger charge is 2.40. The van der Waals surface area contributed by atoms with Crippen molar-refractivity contribution in [3.8, 4) is 0 Å². The minimum Gasteiger partial charge on any atom is -0.386 e. The molecular weight excluding hydrogens is 218 g/mol. The Hall–Kier alpha value is -1.20. The van der Waals surface area contributed by atoms with Crippen LogP contribution in [0.3, 0.4) is 0 Å². The van der Waals surface area contributed by atoms with Crippen LogP contribution in [-0.2, 0) is 0 Å². The molecule has 1 saturated heterocycles. The van der Waals surface area contributed by atoms with Crippen molar-refractivity contribution >= 4 is 17.5 Å². The molecule has 0 bridgehead atoms. The van der Waals surface area contributed by atoms with E-state index in [-0.39, 0.29) is 16.8 Å². The number of rotatable bonds is 1. The molecule has 0 atom stereocenters. The van der Waals surface area contributed by atoms with E-state index in [2.05, 4.69) is 9.97 Å². The molecule has 2 rings (SSSR count). The Labute approximate surface area is 91.7 Å². The van der Waals surface area contributed by atoms with E-state index in [9.17, 15) is 9.90 Å². The van der Waals surface area contributed by atoms with Crippen LogP contribution in [0.1, 0.15) is 17.4 Å². The van der Waals surface area contributed by atoms with Crippen molar-refractivity contribution < 1.29 is 9.90 Å². The molecule has 6 heteroatoms. The van der Waals surface area contributed by atoms with Crippen molar-refractivity contribution in [2.75, 3.05) is 13.1 Å². The average molecular weight is 228 g/mol. The summed E-state index contributed by atoms with van der Waals surface area (Å²) < 4.78 is 0. The Kier molecular flexibility index (Phi) is 2.36. The van der Waals surface area contributed by atoms with Crippen molar-refractivity contribution in [1.29, 1.82) is 0 Å². The van der Waals surface area contributed by atoms with Gasteiger partial charge >= 0.3 is 0 Å². The predicted molar refractivity (Wildman–Crippen MR) is 53.6 cm³/mol. The zero-order chi connectivity index (χ0) is 11.1. The monoisotopic (exact) mass is 227 g/mol. The second kappa shape index (κ2) is 3.43. The van der Waals surface area contributed by atoms with E-state index in [1.807, 2.05) is 0 Å². The second-order valence-electron chi connectivity index (χ2n) is 3.89. The number of amides is 1. The van der Waals surface area contributed by atoms with Crippen LogP contribution in [-0.4, -0.2) is 44.6 Å². The van der Waals surface area contributed by atoms with E-state index in [0.29, 0.717) is 13.1 Å². The van der Waals surface area contributed by atoms with E-state index < -0.39 is 5.60 Å². The summed E-state index contributed by atoms with van der Waals surface area (Å²) in [6, 6.07) is 0. The Morgan fingerprint density at radius 1 is 1.60 bits per heavy atom. The topological polar surface area (TPSA) is 66.3 Å². The largest absolute Gasteiger partial charge is 0.386 e. The van der Waals surface area contributed by atoms with E-state index >= 15 is 0 Å². The average Bonchev–Trinajstić information content (AvgIpc) is 2.13. The normalized spacial score (nSPS) is 18.5. The summed E-state index contributed by atoms with van der Waals surface area (Å²) in [5.74, 6) is -0.253. The third-order valence-corrected chi connectivity index (χ3v) is 2.36. The van der Waals surface area contributed by atoms with Gasteiger partial charge in [0.2, 0.25) is 0 Å². The van der Waals surface area contributed by atoms with Gasteiger partial charge in [-0.1, -0.05) is 11.6 Å². The molecule has 1 aliphatic rings. The molecule has 0 aliphatic carbocycles. The zero-order valence-corrected chi connectivity index (χ0v) is 8.90. The van der Waals surface area contributed by atoms with E-state index in [4.69, 9.17) is 11.6 Å². The van der Waals surface area contributed by atoms with Crippen molar-refractivity contribution in [1.82, 2.24) is 14.9 Å². The number of carbonyl (C=O) groups excluding carboxylic acids is 1. The standard InChI is InChI=1S/C9H10ClN3O2/c1-9(15)4-13(5-9)8(14)6-2-11-3-7(10)12-6/h2-3,15H,4-5H2,1H3. The molecule has 1 N–H and O–H groups in total. The molecule has 5 nitrogen and oxygen atoms in total. The highest BCUT2D eigenvalue weighted by Crippen LogP contribution is 2.21. The highest BCUT2D eigenvalue weighted by atomic mass is 35.5. The van der Waals surface area contributed by atoms with Gasteiger partial charge < -0.3 is 10.0 Å². The van der Waals surface area contributed by atoms with Crippen LogP contribution in [0, 0.1) is 0 Å². The maximum absolute atomic E-state index is 11.7. The quantitative estimate of drug-likeness (QED) is 0.751. The lowest BCUT2D eigenvalue weighted by atomic mass is 9.97. The molecule has 1 fully saturated rings. The predicted octanol–water partition coefficient (Wildman–Crippen LogP) is 0.337. The number of hydrogen-bond donors (Lipinski definition) is 1. The van der Waals surface area contributed by atoms with Gasteiger partial charge in [0.15, 0.2) is 0 Å². The van der Waals surface area contributed by atoms with Gasteiger partial charge in [0.05, 0.1) is 31.1 Å². The molecular formula is C9H10ClN3O2. The number of aliphatic hydroxyl groups is 1. The first kappa shape index (κ1) is 10.3. The van der Waals surface area contributed by atoms with E-state index in [0.717, 1.165) is 0 Å². The molecule has 0 spiro atoms. The highest BCUT2D eigenvalue weighted by molar-refractivity contribution is 6.29. The number of likely N-dealkylation sites (tertiary alicyclic amines) is 1. The Morgan fingerprint density at radius 3 is 2.80 bits per heavy atom. The molecule has 1 aromatic rings. The smallest absolute Gasteiger partial charge is 0.274 e. The summed E-state index contributed by atoms with van der Waals surface area (Å²) in [5.41, 5.74) is -0.570. The molecule has 80 valence electrons. The third kappa shape index (κ3) is 2.08. The van der Waals surface area contributed by atoms with Gasteiger partial charge in [-0.05, 0) is 6.92 Å². The summed E-state index contributed by atoms with van der Waals surface area (Å²) in [5, 5.41) is 9.67. The fourth-order valence-electron chi connectivity index (χ4n) is 1.53. The van der Waals surface area contributed by atoms with Crippen LogP contribution in [0.15, 0.2) is 12.4 Å². The van der Waals surface area contributed by atoms with Crippen molar-refractivity contribution in [3.63, 3.8) is 0 Å². The van der Waals surface area contributed by atoms with Gasteiger partial charge in [0.1, 0.15) is 10.8 Å². The van der Waals surface area contributed by atoms with Crippen LogP contribution in [0.2, 0.25) is 5.15 Å². The summed E-state index contributed by atoms with van der Waals surface area (Å²) in [6.07, 6.45) is 2.73. The van der Waals surface area contributed by atoms with Gasteiger partial charge in [-0.3, -0.25) is 9.78 Å². The minimum absolute atomic E-state index is 0.188. The molecule has 1 amide bonds. The Balaban J connectivity index is 2.10. The van der Waals surface area contributed by atoms with E-state index in [1.54, 1.807) is 6.92 Å². The molecule has 0 saturated carbocycles. The van der Waals surface area contributed by atoms with E-state index in [1.165, 1.54) is 17.3 Å². The summed E-state index contributed by atoms with van der Waals surface area (Å²) in [7, 11) is 0. The molecule has 1 aliphatic heterocycles. The maximum Gasteiger partial charge on any atom is 0.274 e. The Bertz CT molecular complexity index is 400. The zero-order valence-electron chi connectivity index (χ0n) is 8.14. The number of carbonyl (C=O) groups is 1. The molecule has 2 heterocycles. The summed E-state index contributed by atoms with van der Waals surface area (Å²) in [4.78, 5) is 20.9. The minimum atomic E-state index is -0.776. The summed E-state index contributed by atoms with van der Waals surface area (Å²) >= 11 is 5.62. The van der Waals surface area contributed by atoms with Crippen molar-refractivity contribution in [2.24, 2.45) is 0 Å². The lowest BCUT2D eigenvalue weighted by Crippen LogP contribution is -2.61. The fraction of sp³-hybridized carbons (Fsp3) is 0.444. The second-order valence-corrected chi connectivity index (χ2v) is 4.27. The number of hydrogen-bond acceptors (Lipinski definition) is 4. The lowest BCUT2D eigenvalue weighted by Gasteiger charge is -2.43. The number of halogens is 1. The van der Waals surface area contributed by atoms with Crippen molar-refractivity contribution in [3.05, 3.63) is 23.2 Å². The van der Waals surface area contributed by atoms with Gasteiger partial charge in [0.25, 0.3) is 5.91 Å². The third-order valence-electron chi connectivity index (χ3n) is 2.17. The molecule has 1 aromatic heterocycles. The summed E-state index contributed by atoms with van der Waals surface area (Å²) in [6.45, 7) is 2.32. The number of nitrogens with zero attached hydrogens (tertiary/aromatic N) is 3. The van der Waals surface area contributed by atoms with Gasteiger partial charge in [-0.15, -0.1) is 0 Å². The number of aromatic nitrogens is 2. The van der Waals surface area contributed by atoms with Gasteiger partial charge in [-0.25, -0.2) is 4.98 Å².